The van der Waals surface area contributed by atoms with E-state index in [-0.39, 0.29) is 17.9 Å². The highest BCUT2D eigenvalue weighted by Gasteiger charge is 2.36. The minimum atomic E-state index is -0.406. The lowest BCUT2D eigenvalue weighted by atomic mass is 10.1. The highest BCUT2D eigenvalue weighted by Crippen LogP contribution is 2.23. The maximum absolute atomic E-state index is 12.3. The second-order valence-corrected chi connectivity index (χ2v) is 6.30. The summed E-state index contributed by atoms with van der Waals surface area (Å²) in [6, 6.07) is 1.31. The van der Waals surface area contributed by atoms with E-state index in [4.69, 9.17) is 0 Å². The Morgan fingerprint density at radius 3 is 2.85 bits per heavy atom. The first-order valence-electron chi connectivity index (χ1n) is 6.69. The lowest BCUT2D eigenvalue weighted by Gasteiger charge is -2.25. The maximum Gasteiger partial charge on any atom is 0.273 e. The van der Waals surface area contributed by atoms with Gasteiger partial charge in [0, 0.05) is 18.0 Å². The van der Waals surface area contributed by atoms with Gasteiger partial charge in [0.1, 0.15) is 11.7 Å². The van der Waals surface area contributed by atoms with Crippen LogP contribution in [0.1, 0.15) is 31.3 Å². The minimum absolute atomic E-state index is 0.0796. The van der Waals surface area contributed by atoms with E-state index in [2.05, 4.69) is 29.4 Å². The fourth-order valence-electron chi connectivity index (χ4n) is 1.88. The fourth-order valence-corrected chi connectivity index (χ4v) is 3.03. The fraction of sp³-hybridized carbons (Fsp3) is 0.615. The third kappa shape index (κ3) is 3.15. The summed E-state index contributed by atoms with van der Waals surface area (Å²) in [7, 11) is 0. The largest absolute Gasteiger partial charge is 0.352 e. The van der Waals surface area contributed by atoms with Crippen molar-refractivity contribution >= 4 is 23.6 Å². The van der Waals surface area contributed by atoms with Gasteiger partial charge in [-0.25, -0.2) is 0 Å². The summed E-state index contributed by atoms with van der Waals surface area (Å²) in [6.45, 7) is 6.09. The Morgan fingerprint density at radius 1 is 1.50 bits per heavy atom. The Hall–Kier alpha value is -1.50. The number of amides is 2. The smallest absolute Gasteiger partial charge is 0.273 e. The van der Waals surface area contributed by atoms with Gasteiger partial charge in [-0.2, -0.15) is 5.10 Å². The van der Waals surface area contributed by atoms with Gasteiger partial charge in [0.2, 0.25) is 5.91 Å². The zero-order valence-corrected chi connectivity index (χ0v) is 12.7. The van der Waals surface area contributed by atoms with Gasteiger partial charge in [-0.1, -0.05) is 13.8 Å². The molecule has 1 aromatic rings. The molecule has 2 rings (SSSR count). The molecule has 0 unspecified atom stereocenters. The number of nitrogens with zero attached hydrogens (tertiary/aromatic N) is 2. The molecule has 2 atom stereocenters. The van der Waals surface area contributed by atoms with Crippen LogP contribution in [0.4, 0.5) is 0 Å². The Morgan fingerprint density at radius 2 is 2.25 bits per heavy atom. The quantitative estimate of drug-likeness (QED) is 0.871. The first-order chi connectivity index (χ1) is 9.50. The SMILES string of the molecule is CC(C)[C@H](C)NC(=O)[C@H]1CSCN1C(=O)c1ccn[nH]1. The van der Waals surface area contributed by atoms with E-state index < -0.39 is 6.04 Å². The van der Waals surface area contributed by atoms with Gasteiger partial charge >= 0.3 is 0 Å². The van der Waals surface area contributed by atoms with Crippen molar-refractivity contribution in [2.75, 3.05) is 11.6 Å². The van der Waals surface area contributed by atoms with Crippen molar-refractivity contribution in [3.8, 4) is 0 Å². The van der Waals surface area contributed by atoms with Crippen molar-refractivity contribution in [2.45, 2.75) is 32.9 Å². The lowest BCUT2D eigenvalue weighted by Crippen LogP contribution is -2.50. The van der Waals surface area contributed by atoms with Crippen molar-refractivity contribution < 1.29 is 9.59 Å². The highest BCUT2D eigenvalue weighted by atomic mass is 32.2. The number of aromatic amines is 1. The van der Waals surface area contributed by atoms with Crippen LogP contribution in [0, 0.1) is 5.92 Å². The van der Waals surface area contributed by atoms with E-state index in [0.29, 0.717) is 23.2 Å². The van der Waals surface area contributed by atoms with E-state index in [1.54, 1.807) is 22.7 Å². The molecule has 1 aliphatic heterocycles. The number of H-pyrrole nitrogens is 1. The van der Waals surface area contributed by atoms with E-state index in [0.717, 1.165) is 0 Å². The summed E-state index contributed by atoms with van der Waals surface area (Å²) in [5, 5.41) is 9.41. The van der Waals surface area contributed by atoms with Crippen LogP contribution in [-0.2, 0) is 4.79 Å². The number of nitrogens with one attached hydrogen (secondary N) is 2. The van der Waals surface area contributed by atoms with Crippen molar-refractivity contribution in [1.82, 2.24) is 20.4 Å². The van der Waals surface area contributed by atoms with Gasteiger partial charge < -0.3 is 10.2 Å². The third-order valence-electron chi connectivity index (χ3n) is 3.55. The van der Waals surface area contributed by atoms with Gasteiger partial charge in [0.25, 0.3) is 5.91 Å². The summed E-state index contributed by atoms with van der Waals surface area (Å²) < 4.78 is 0. The minimum Gasteiger partial charge on any atom is -0.352 e. The van der Waals surface area contributed by atoms with Crippen molar-refractivity contribution in [2.24, 2.45) is 5.92 Å². The average molecular weight is 296 g/mol. The van der Waals surface area contributed by atoms with Crippen molar-refractivity contribution in [3.05, 3.63) is 18.0 Å². The Kier molecular flexibility index (Phi) is 4.69. The molecule has 1 aliphatic rings. The van der Waals surface area contributed by atoms with Gasteiger partial charge in [-0.15, -0.1) is 11.8 Å². The van der Waals surface area contributed by atoms with Crippen LogP contribution in [0.5, 0.6) is 0 Å². The van der Waals surface area contributed by atoms with Gasteiger partial charge in [-0.3, -0.25) is 14.7 Å². The summed E-state index contributed by atoms with van der Waals surface area (Å²) in [6.07, 6.45) is 1.53. The zero-order valence-electron chi connectivity index (χ0n) is 11.9. The summed E-state index contributed by atoms with van der Waals surface area (Å²) in [5.74, 6) is 1.28. The number of aromatic nitrogens is 2. The van der Waals surface area contributed by atoms with Crippen molar-refractivity contribution in [1.29, 1.82) is 0 Å². The van der Waals surface area contributed by atoms with Crippen LogP contribution in [0.25, 0.3) is 0 Å². The summed E-state index contributed by atoms with van der Waals surface area (Å²) in [4.78, 5) is 26.2. The molecule has 20 heavy (non-hydrogen) atoms. The van der Waals surface area contributed by atoms with E-state index in [1.807, 2.05) is 6.92 Å². The van der Waals surface area contributed by atoms with Crippen molar-refractivity contribution in [3.63, 3.8) is 0 Å². The lowest BCUT2D eigenvalue weighted by molar-refractivity contribution is -0.125. The molecule has 0 saturated carbocycles. The second-order valence-electron chi connectivity index (χ2n) is 5.30. The highest BCUT2D eigenvalue weighted by molar-refractivity contribution is 7.99. The summed E-state index contributed by atoms with van der Waals surface area (Å²) in [5.41, 5.74) is 0.419. The first-order valence-corrected chi connectivity index (χ1v) is 7.84. The Balaban J connectivity index is 2.04. The maximum atomic E-state index is 12.3. The van der Waals surface area contributed by atoms with Gasteiger partial charge in [0.15, 0.2) is 0 Å². The van der Waals surface area contributed by atoms with Crippen LogP contribution in [0.2, 0.25) is 0 Å². The average Bonchev–Trinajstić information content (AvgIpc) is 3.08. The number of hydrogen-bond donors (Lipinski definition) is 2. The molecular weight excluding hydrogens is 276 g/mol. The van der Waals surface area contributed by atoms with Crippen LogP contribution < -0.4 is 5.32 Å². The predicted octanol–water partition coefficient (Wildman–Crippen LogP) is 1.09. The van der Waals surface area contributed by atoms with Crippen LogP contribution in [0.3, 0.4) is 0 Å². The molecule has 7 heteroatoms. The Labute approximate surface area is 122 Å². The molecule has 110 valence electrons. The topological polar surface area (TPSA) is 78.1 Å². The monoisotopic (exact) mass is 296 g/mol. The molecule has 2 heterocycles. The number of carbonyl (C=O) groups excluding carboxylic acids is 2. The molecule has 0 aliphatic carbocycles. The van der Waals surface area contributed by atoms with E-state index in [9.17, 15) is 9.59 Å². The van der Waals surface area contributed by atoms with E-state index in [1.165, 1.54) is 6.20 Å². The van der Waals surface area contributed by atoms with Gasteiger partial charge in [0.05, 0.1) is 5.88 Å². The molecule has 0 radical (unpaired) electrons. The van der Waals surface area contributed by atoms with Crippen LogP contribution in [-0.4, -0.2) is 50.6 Å². The number of hydrogen-bond acceptors (Lipinski definition) is 4. The Bertz CT molecular complexity index is 475. The number of carbonyl (C=O) groups is 2. The standard InChI is InChI=1S/C13H20N4O2S/c1-8(2)9(3)15-12(18)11-6-20-7-17(11)13(19)10-4-5-14-16-10/h4-5,8-9,11H,6-7H2,1-3H3,(H,14,16)(H,15,18)/t9-,11+/m0/s1. The van der Waals surface area contributed by atoms with Crippen LogP contribution in [0.15, 0.2) is 12.3 Å². The molecule has 1 saturated heterocycles. The molecule has 0 aromatic carbocycles. The molecule has 0 spiro atoms. The number of rotatable bonds is 4. The molecular formula is C13H20N4O2S. The molecule has 6 nitrogen and oxygen atoms in total. The predicted molar refractivity (Wildman–Crippen MR) is 78.3 cm³/mol. The summed E-state index contributed by atoms with van der Waals surface area (Å²) >= 11 is 1.59. The molecule has 0 bridgehead atoms. The molecule has 1 fully saturated rings. The molecule has 1 aromatic heterocycles. The molecule has 2 amide bonds. The zero-order chi connectivity index (χ0) is 14.7. The normalized spacial score (nSPS) is 20.2. The van der Waals surface area contributed by atoms with Gasteiger partial charge in [-0.05, 0) is 18.9 Å². The third-order valence-corrected chi connectivity index (χ3v) is 4.56. The molecule has 2 N–H and O–H groups in total. The van der Waals surface area contributed by atoms with Crippen LogP contribution >= 0.6 is 11.8 Å². The first kappa shape index (κ1) is 14.9. The number of thioether (sulfide) groups is 1. The van der Waals surface area contributed by atoms with E-state index >= 15 is 0 Å². The second kappa shape index (κ2) is 6.30.